The van der Waals surface area contributed by atoms with Crippen LogP contribution in [0.5, 0.6) is 0 Å². The van der Waals surface area contributed by atoms with Crippen LogP contribution in [-0.2, 0) is 11.0 Å². The Morgan fingerprint density at radius 3 is 2.48 bits per heavy atom. The standard InChI is InChI=1S/C20H27F3N4OS/c1-3-24-19(29)27-12-16(14-5-4-6-15(11-14)20(21,22)23)17(13-27)18(28)26-9-7-25(2)8-10-26/h4-6,11,16-17H,3,7-10,12-13H2,1-2H3,(H,24,29). The second kappa shape index (κ2) is 8.87. The number of hydrogen-bond acceptors (Lipinski definition) is 3. The summed E-state index contributed by atoms with van der Waals surface area (Å²) in [5.74, 6) is -0.748. The largest absolute Gasteiger partial charge is 0.416 e. The first-order valence-electron chi connectivity index (χ1n) is 9.88. The van der Waals surface area contributed by atoms with Crippen LogP contribution in [0.25, 0.3) is 0 Å². The summed E-state index contributed by atoms with van der Waals surface area (Å²) >= 11 is 5.42. The molecule has 1 aromatic rings. The molecule has 0 aromatic heterocycles. The molecule has 1 amide bonds. The van der Waals surface area contributed by atoms with E-state index < -0.39 is 17.7 Å². The van der Waals surface area contributed by atoms with E-state index in [-0.39, 0.29) is 11.8 Å². The number of likely N-dealkylation sites (N-methyl/N-ethyl adjacent to an activating group) is 1. The lowest BCUT2D eigenvalue weighted by atomic mass is 9.87. The Morgan fingerprint density at radius 1 is 1.17 bits per heavy atom. The zero-order valence-electron chi connectivity index (χ0n) is 16.7. The minimum atomic E-state index is -4.41. The molecule has 2 aliphatic rings. The summed E-state index contributed by atoms with van der Waals surface area (Å²) in [5.41, 5.74) is -0.150. The first-order chi connectivity index (χ1) is 13.7. The maximum absolute atomic E-state index is 13.3. The molecule has 2 atom stereocenters. The Balaban J connectivity index is 1.87. The Hall–Kier alpha value is -1.87. The van der Waals surface area contributed by atoms with Crippen molar-refractivity contribution in [2.75, 3.05) is 52.9 Å². The van der Waals surface area contributed by atoms with Gasteiger partial charge in [-0.2, -0.15) is 13.2 Å². The summed E-state index contributed by atoms with van der Waals surface area (Å²) in [6.07, 6.45) is -4.41. The van der Waals surface area contributed by atoms with Gasteiger partial charge in [0.15, 0.2) is 5.11 Å². The molecule has 0 radical (unpaired) electrons. The minimum Gasteiger partial charge on any atom is -0.363 e. The highest BCUT2D eigenvalue weighted by Gasteiger charge is 2.42. The fraction of sp³-hybridized carbons (Fsp3) is 0.600. The van der Waals surface area contributed by atoms with Gasteiger partial charge in [0.1, 0.15) is 0 Å². The number of hydrogen-bond donors (Lipinski definition) is 1. The van der Waals surface area contributed by atoms with E-state index in [1.807, 2.05) is 23.8 Å². The van der Waals surface area contributed by atoms with E-state index in [9.17, 15) is 18.0 Å². The Morgan fingerprint density at radius 2 is 1.86 bits per heavy atom. The summed E-state index contributed by atoms with van der Waals surface area (Å²) in [6.45, 7) is 6.30. The number of rotatable bonds is 3. The fourth-order valence-corrected chi connectivity index (χ4v) is 4.32. The van der Waals surface area contributed by atoms with Gasteiger partial charge in [0.05, 0.1) is 11.5 Å². The number of likely N-dealkylation sites (tertiary alicyclic amines) is 1. The molecular weight excluding hydrogens is 401 g/mol. The topological polar surface area (TPSA) is 38.8 Å². The molecule has 0 bridgehead atoms. The highest BCUT2D eigenvalue weighted by atomic mass is 32.1. The average molecular weight is 429 g/mol. The van der Waals surface area contributed by atoms with Crippen LogP contribution in [0.2, 0.25) is 0 Å². The predicted octanol–water partition coefficient (Wildman–Crippen LogP) is 2.39. The zero-order valence-corrected chi connectivity index (χ0v) is 17.5. The molecule has 0 aliphatic carbocycles. The number of halogens is 3. The van der Waals surface area contributed by atoms with Crippen LogP contribution in [0, 0.1) is 5.92 Å². The van der Waals surface area contributed by atoms with Gasteiger partial charge >= 0.3 is 6.18 Å². The number of thiocarbonyl (C=S) groups is 1. The van der Waals surface area contributed by atoms with Crippen LogP contribution in [-0.4, -0.2) is 78.6 Å². The van der Waals surface area contributed by atoms with Gasteiger partial charge < -0.3 is 20.0 Å². The third kappa shape index (κ3) is 5.01. The third-order valence-electron chi connectivity index (χ3n) is 5.71. The maximum atomic E-state index is 13.3. The van der Waals surface area contributed by atoms with Gasteiger partial charge in [0.2, 0.25) is 5.91 Å². The molecule has 29 heavy (non-hydrogen) atoms. The smallest absolute Gasteiger partial charge is 0.363 e. The first kappa shape index (κ1) is 21.8. The normalized spacial score (nSPS) is 23.3. The van der Waals surface area contributed by atoms with Crippen molar-refractivity contribution in [2.24, 2.45) is 5.92 Å². The highest BCUT2D eigenvalue weighted by molar-refractivity contribution is 7.80. The Bertz CT molecular complexity index is 749. The molecular formula is C20H27F3N4OS. The molecule has 0 saturated carbocycles. The number of nitrogens with one attached hydrogen (secondary N) is 1. The molecule has 2 fully saturated rings. The number of amides is 1. The van der Waals surface area contributed by atoms with Crippen molar-refractivity contribution in [1.29, 1.82) is 0 Å². The van der Waals surface area contributed by atoms with Gasteiger partial charge in [0.25, 0.3) is 0 Å². The van der Waals surface area contributed by atoms with E-state index in [0.717, 1.165) is 19.2 Å². The van der Waals surface area contributed by atoms with Gasteiger partial charge in [-0.15, -0.1) is 0 Å². The molecule has 1 N–H and O–H groups in total. The van der Waals surface area contributed by atoms with Crippen molar-refractivity contribution in [3.8, 4) is 0 Å². The lowest BCUT2D eigenvalue weighted by Crippen LogP contribution is -2.50. The van der Waals surface area contributed by atoms with E-state index in [2.05, 4.69) is 10.2 Å². The molecule has 3 rings (SSSR count). The number of benzene rings is 1. The molecule has 2 heterocycles. The Labute approximate surface area is 174 Å². The van der Waals surface area contributed by atoms with Gasteiger partial charge in [-0.05, 0) is 37.8 Å². The third-order valence-corrected chi connectivity index (χ3v) is 6.11. The minimum absolute atomic E-state index is 0.00214. The van der Waals surface area contributed by atoms with Crippen molar-refractivity contribution in [1.82, 2.24) is 20.0 Å². The van der Waals surface area contributed by atoms with Crippen LogP contribution in [0.3, 0.4) is 0 Å². The lowest BCUT2D eigenvalue weighted by molar-refractivity contribution is -0.137. The lowest BCUT2D eigenvalue weighted by Gasteiger charge is -2.35. The molecule has 2 unspecified atom stereocenters. The molecule has 0 spiro atoms. The molecule has 2 saturated heterocycles. The van der Waals surface area contributed by atoms with Crippen LogP contribution >= 0.6 is 12.2 Å². The summed E-state index contributed by atoms with van der Waals surface area (Å²) in [5, 5.41) is 3.63. The van der Waals surface area contributed by atoms with Gasteiger partial charge in [-0.1, -0.05) is 18.2 Å². The van der Waals surface area contributed by atoms with Crippen LogP contribution in [0.15, 0.2) is 24.3 Å². The summed E-state index contributed by atoms with van der Waals surface area (Å²) < 4.78 is 39.7. The van der Waals surface area contributed by atoms with E-state index in [0.29, 0.717) is 43.4 Å². The first-order valence-corrected chi connectivity index (χ1v) is 10.3. The van der Waals surface area contributed by atoms with Crippen LogP contribution in [0.4, 0.5) is 13.2 Å². The van der Waals surface area contributed by atoms with Crippen molar-refractivity contribution >= 4 is 23.2 Å². The molecule has 5 nitrogen and oxygen atoms in total. The monoisotopic (exact) mass is 428 g/mol. The molecule has 9 heteroatoms. The zero-order chi connectivity index (χ0) is 21.2. The quantitative estimate of drug-likeness (QED) is 0.749. The van der Waals surface area contributed by atoms with E-state index in [4.69, 9.17) is 12.2 Å². The predicted molar refractivity (Wildman–Crippen MR) is 110 cm³/mol. The molecule has 1 aromatic carbocycles. The molecule has 160 valence electrons. The highest BCUT2D eigenvalue weighted by Crippen LogP contribution is 2.37. The second-order valence-corrected chi connectivity index (χ2v) is 8.09. The number of carbonyl (C=O) groups excluding carboxylic acids is 1. The van der Waals surface area contributed by atoms with E-state index in [1.165, 1.54) is 12.1 Å². The van der Waals surface area contributed by atoms with Gasteiger partial charge in [-0.3, -0.25) is 4.79 Å². The van der Waals surface area contributed by atoms with E-state index in [1.54, 1.807) is 6.07 Å². The van der Waals surface area contributed by atoms with Crippen molar-refractivity contribution in [3.05, 3.63) is 35.4 Å². The van der Waals surface area contributed by atoms with Gasteiger partial charge in [0, 0.05) is 51.7 Å². The van der Waals surface area contributed by atoms with Crippen molar-refractivity contribution in [3.63, 3.8) is 0 Å². The number of nitrogens with zero attached hydrogens (tertiary/aromatic N) is 3. The number of carbonyl (C=O) groups is 1. The summed E-state index contributed by atoms with van der Waals surface area (Å²) in [7, 11) is 2.01. The van der Waals surface area contributed by atoms with Crippen LogP contribution in [0.1, 0.15) is 24.0 Å². The maximum Gasteiger partial charge on any atom is 0.416 e. The summed E-state index contributed by atoms with van der Waals surface area (Å²) in [4.78, 5) is 19.2. The SMILES string of the molecule is CCNC(=S)N1CC(C(=O)N2CCN(C)CC2)C(c2cccc(C(F)(F)F)c2)C1. The average Bonchev–Trinajstić information content (AvgIpc) is 3.13. The fourth-order valence-electron chi connectivity index (χ4n) is 4.03. The Kier molecular flexibility index (Phi) is 6.68. The van der Waals surface area contributed by atoms with Crippen molar-refractivity contribution in [2.45, 2.75) is 19.0 Å². The molecule has 2 aliphatic heterocycles. The van der Waals surface area contributed by atoms with E-state index >= 15 is 0 Å². The van der Waals surface area contributed by atoms with Gasteiger partial charge in [-0.25, -0.2) is 0 Å². The van der Waals surface area contributed by atoms with Crippen molar-refractivity contribution < 1.29 is 18.0 Å². The summed E-state index contributed by atoms with van der Waals surface area (Å²) in [6, 6.07) is 5.34. The van der Waals surface area contributed by atoms with Crippen LogP contribution < -0.4 is 5.32 Å². The second-order valence-electron chi connectivity index (χ2n) is 7.71. The number of alkyl halides is 3. The number of piperazine rings is 1.